The molecule has 3 aliphatic rings. The number of hydrogen-bond acceptors (Lipinski definition) is 2. The molecule has 2 heteroatoms. The largest absolute Gasteiger partial charge is 0.302 e. The minimum atomic E-state index is 0.350. The van der Waals surface area contributed by atoms with Crippen molar-refractivity contribution in [3.05, 3.63) is 0 Å². The molecule has 2 bridgehead atoms. The summed E-state index contributed by atoms with van der Waals surface area (Å²) in [5, 5.41) is 8.74. The van der Waals surface area contributed by atoms with E-state index in [0.717, 1.165) is 12.5 Å². The molecule has 0 saturated carbocycles. The standard InChI is InChI=1S/C8H12N2/c9-5-8-6-10-3-1-7(8)2-4-10/h7-8H,1-4,6H2/t8-/m1/s1. The van der Waals surface area contributed by atoms with E-state index in [1.165, 1.54) is 25.9 Å². The van der Waals surface area contributed by atoms with Gasteiger partial charge in [0.05, 0.1) is 12.0 Å². The van der Waals surface area contributed by atoms with Crippen molar-refractivity contribution in [1.82, 2.24) is 4.90 Å². The smallest absolute Gasteiger partial charge is 0.0672 e. The van der Waals surface area contributed by atoms with Crippen LogP contribution in [-0.2, 0) is 0 Å². The van der Waals surface area contributed by atoms with Crippen molar-refractivity contribution in [2.45, 2.75) is 12.8 Å². The lowest BCUT2D eigenvalue weighted by Crippen LogP contribution is -2.46. The third-order valence-electron chi connectivity index (χ3n) is 2.82. The summed E-state index contributed by atoms with van der Waals surface area (Å²) in [4.78, 5) is 2.41. The first kappa shape index (κ1) is 6.18. The Hall–Kier alpha value is -0.550. The van der Waals surface area contributed by atoms with Crippen LogP contribution in [0, 0.1) is 23.2 Å². The Balaban J connectivity index is 2.09. The van der Waals surface area contributed by atoms with Gasteiger partial charge in [-0.25, -0.2) is 0 Å². The monoisotopic (exact) mass is 136 g/mol. The quantitative estimate of drug-likeness (QED) is 0.493. The fourth-order valence-electron chi connectivity index (χ4n) is 2.11. The first-order chi connectivity index (χ1) is 4.90. The SMILES string of the molecule is N#C[C@@H]1CN2CCC1CC2. The molecule has 0 radical (unpaired) electrons. The average molecular weight is 136 g/mol. The van der Waals surface area contributed by atoms with Crippen LogP contribution in [0.15, 0.2) is 0 Å². The van der Waals surface area contributed by atoms with Crippen LogP contribution in [0.5, 0.6) is 0 Å². The van der Waals surface area contributed by atoms with E-state index in [-0.39, 0.29) is 0 Å². The van der Waals surface area contributed by atoms with Crippen molar-refractivity contribution >= 4 is 0 Å². The van der Waals surface area contributed by atoms with Crippen LogP contribution in [0.2, 0.25) is 0 Å². The van der Waals surface area contributed by atoms with Gasteiger partial charge in [0.2, 0.25) is 0 Å². The molecular weight excluding hydrogens is 124 g/mol. The van der Waals surface area contributed by atoms with Crippen LogP contribution in [0.1, 0.15) is 12.8 Å². The van der Waals surface area contributed by atoms with Gasteiger partial charge in [-0.1, -0.05) is 0 Å². The highest BCUT2D eigenvalue weighted by Gasteiger charge is 2.33. The van der Waals surface area contributed by atoms with Crippen LogP contribution in [0.4, 0.5) is 0 Å². The molecule has 3 rings (SSSR count). The van der Waals surface area contributed by atoms with Crippen LogP contribution in [0.25, 0.3) is 0 Å². The Labute approximate surface area is 61.4 Å². The topological polar surface area (TPSA) is 27.0 Å². The van der Waals surface area contributed by atoms with Crippen molar-refractivity contribution < 1.29 is 0 Å². The van der Waals surface area contributed by atoms with Gasteiger partial charge in [-0.05, 0) is 31.8 Å². The molecule has 0 amide bonds. The van der Waals surface area contributed by atoms with E-state index in [0.29, 0.717) is 5.92 Å². The van der Waals surface area contributed by atoms with E-state index in [2.05, 4.69) is 11.0 Å². The zero-order valence-corrected chi connectivity index (χ0v) is 6.08. The molecule has 0 aliphatic carbocycles. The molecule has 3 saturated heterocycles. The first-order valence-corrected chi connectivity index (χ1v) is 4.02. The molecule has 10 heavy (non-hydrogen) atoms. The molecule has 0 aromatic rings. The number of fused-ring (bicyclic) bond motifs is 3. The Kier molecular flexibility index (Phi) is 1.39. The van der Waals surface area contributed by atoms with Crippen molar-refractivity contribution in [2.75, 3.05) is 19.6 Å². The van der Waals surface area contributed by atoms with Crippen molar-refractivity contribution in [1.29, 1.82) is 5.26 Å². The van der Waals surface area contributed by atoms with Crippen molar-refractivity contribution in [2.24, 2.45) is 11.8 Å². The summed E-state index contributed by atoms with van der Waals surface area (Å²) in [6, 6.07) is 2.39. The maximum Gasteiger partial charge on any atom is 0.0672 e. The summed E-state index contributed by atoms with van der Waals surface area (Å²) in [5.41, 5.74) is 0. The number of nitriles is 1. The Bertz CT molecular complexity index is 163. The van der Waals surface area contributed by atoms with Gasteiger partial charge in [0, 0.05) is 6.54 Å². The minimum Gasteiger partial charge on any atom is -0.302 e. The maximum absolute atomic E-state index is 8.74. The van der Waals surface area contributed by atoms with Gasteiger partial charge >= 0.3 is 0 Å². The normalized spacial score (nSPS) is 44.9. The lowest BCUT2D eigenvalue weighted by atomic mass is 9.80. The number of hydrogen-bond donors (Lipinski definition) is 0. The molecular formula is C8H12N2. The molecule has 1 atom stereocenters. The molecule has 0 aromatic carbocycles. The molecule has 2 nitrogen and oxygen atoms in total. The van der Waals surface area contributed by atoms with Crippen LogP contribution < -0.4 is 0 Å². The molecule has 54 valence electrons. The Morgan fingerprint density at radius 1 is 1.30 bits per heavy atom. The lowest BCUT2D eigenvalue weighted by Gasteiger charge is -2.41. The molecule has 3 heterocycles. The van der Waals surface area contributed by atoms with Crippen molar-refractivity contribution in [3.8, 4) is 6.07 Å². The Morgan fingerprint density at radius 2 is 2.00 bits per heavy atom. The number of nitrogens with zero attached hydrogens (tertiary/aromatic N) is 2. The van der Waals surface area contributed by atoms with Gasteiger partial charge in [-0.3, -0.25) is 0 Å². The zero-order valence-electron chi connectivity index (χ0n) is 6.08. The molecule has 0 N–H and O–H groups in total. The van der Waals surface area contributed by atoms with Crippen LogP contribution in [-0.4, -0.2) is 24.5 Å². The fraction of sp³-hybridized carbons (Fsp3) is 0.875. The molecule has 0 spiro atoms. The number of rotatable bonds is 0. The van der Waals surface area contributed by atoms with Gasteiger partial charge in [0.1, 0.15) is 0 Å². The van der Waals surface area contributed by atoms with Gasteiger partial charge in [0.15, 0.2) is 0 Å². The summed E-state index contributed by atoms with van der Waals surface area (Å²) in [6.45, 7) is 3.52. The van der Waals surface area contributed by atoms with Gasteiger partial charge < -0.3 is 4.90 Å². The summed E-state index contributed by atoms with van der Waals surface area (Å²) in [6.07, 6.45) is 2.52. The van der Waals surface area contributed by atoms with Crippen LogP contribution >= 0.6 is 0 Å². The first-order valence-electron chi connectivity index (χ1n) is 4.02. The highest BCUT2D eigenvalue weighted by Crippen LogP contribution is 2.31. The summed E-state index contributed by atoms with van der Waals surface area (Å²) < 4.78 is 0. The summed E-state index contributed by atoms with van der Waals surface area (Å²) in [5.74, 6) is 1.08. The summed E-state index contributed by atoms with van der Waals surface area (Å²) >= 11 is 0. The lowest BCUT2D eigenvalue weighted by molar-refractivity contribution is 0.0769. The van der Waals surface area contributed by atoms with Gasteiger partial charge in [-0.15, -0.1) is 0 Å². The van der Waals surface area contributed by atoms with Gasteiger partial charge in [-0.2, -0.15) is 5.26 Å². The maximum atomic E-state index is 8.74. The third kappa shape index (κ3) is 0.819. The van der Waals surface area contributed by atoms with E-state index in [1.54, 1.807) is 0 Å². The zero-order chi connectivity index (χ0) is 6.97. The highest BCUT2D eigenvalue weighted by molar-refractivity contribution is 4.97. The predicted octanol–water partition coefficient (Wildman–Crippen LogP) is 0.852. The molecule has 0 unspecified atom stereocenters. The average Bonchev–Trinajstić information content (AvgIpc) is 2.06. The van der Waals surface area contributed by atoms with E-state index in [9.17, 15) is 0 Å². The predicted molar refractivity (Wildman–Crippen MR) is 38.3 cm³/mol. The highest BCUT2D eigenvalue weighted by atomic mass is 15.1. The molecule has 3 aliphatic heterocycles. The summed E-state index contributed by atoms with van der Waals surface area (Å²) in [7, 11) is 0. The second kappa shape index (κ2) is 2.25. The second-order valence-electron chi connectivity index (χ2n) is 3.37. The molecule has 0 aromatic heterocycles. The second-order valence-corrected chi connectivity index (χ2v) is 3.37. The Morgan fingerprint density at radius 3 is 2.30 bits per heavy atom. The van der Waals surface area contributed by atoms with Crippen molar-refractivity contribution in [3.63, 3.8) is 0 Å². The minimum absolute atomic E-state index is 0.350. The van der Waals surface area contributed by atoms with E-state index in [4.69, 9.17) is 5.26 Å². The fourth-order valence-corrected chi connectivity index (χ4v) is 2.11. The van der Waals surface area contributed by atoms with Gasteiger partial charge in [0.25, 0.3) is 0 Å². The molecule has 3 fully saturated rings. The van der Waals surface area contributed by atoms with E-state index >= 15 is 0 Å². The van der Waals surface area contributed by atoms with E-state index < -0.39 is 0 Å². The van der Waals surface area contributed by atoms with E-state index in [1.807, 2.05) is 0 Å². The third-order valence-corrected chi connectivity index (χ3v) is 2.82. The van der Waals surface area contributed by atoms with Crippen LogP contribution in [0.3, 0.4) is 0 Å². The number of piperidine rings is 3.